The van der Waals surface area contributed by atoms with Crippen molar-refractivity contribution in [2.45, 2.75) is 19.8 Å². The average molecular weight is 283 g/mol. The molecule has 0 saturated carbocycles. The van der Waals surface area contributed by atoms with Gasteiger partial charge in [0.1, 0.15) is 0 Å². The summed E-state index contributed by atoms with van der Waals surface area (Å²) in [6, 6.07) is 20.8. The second-order valence-electron chi connectivity index (χ2n) is 3.97. The maximum absolute atomic E-state index is 3.30. The monoisotopic (exact) mass is 283 g/mol. The van der Waals surface area contributed by atoms with E-state index in [4.69, 9.17) is 0 Å². The predicted molar refractivity (Wildman–Crippen MR) is 63.6 cm³/mol. The van der Waals surface area contributed by atoms with Crippen LogP contribution in [0.15, 0.2) is 42.5 Å². The van der Waals surface area contributed by atoms with Gasteiger partial charge in [-0.25, -0.2) is 11.1 Å². The van der Waals surface area contributed by atoms with Crippen LogP contribution in [0.3, 0.4) is 0 Å². The van der Waals surface area contributed by atoms with Gasteiger partial charge in [0, 0.05) is 32.7 Å². The van der Waals surface area contributed by atoms with Crippen LogP contribution >= 0.6 is 0 Å². The Balaban J connectivity index is 0.00000128. The first kappa shape index (κ1) is 13.6. The summed E-state index contributed by atoms with van der Waals surface area (Å²) < 4.78 is 0. The quantitative estimate of drug-likeness (QED) is 0.729. The van der Waals surface area contributed by atoms with E-state index in [1.54, 1.807) is 0 Å². The number of hydrogen-bond donors (Lipinski definition) is 0. The summed E-state index contributed by atoms with van der Waals surface area (Å²) in [5.41, 5.74) is 3.54. The summed E-state index contributed by atoms with van der Waals surface area (Å²) in [5, 5.41) is 0. The molecule has 0 N–H and O–H groups in total. The molecule has 2 aromatic carbocycles. The molecule has 0 aliphatic heterocycles. The Morgan fingerprint density at radius 1 is 0.938 bits per heavy atom. The maximum atomic E-state index is 3.30. The fourth-order valence-electron chi connectivity index (χ4n) is 1.52. The first-order valence-electron chi connectivity index (χ1n) is 5.26. The minimum atomic E-state index is 0. The summed E-state index contributed by atoms with van der Waals surface area (Å²) in [6.07, 6.45) is 0. The van der Waals surface area contributed by atoms with Crippen LogP contribution < -0.4 is 0 Å². The zero-order chi connectivity index (χ0) is 10.7. The molecule has 0 heterocycles. The van der Waals surface area contributed by atoms with E-state index in [9.17, 15) is 0 Å². The van der Waals surface area contributed by atoms with Crippen molar-refractivity contribution in [3.8, 4) is 11.1 Å². The minimum absolute atomic E-state index is 0. The van der Waals surface area contributed by atoms with E-state index in [0.717, 1.165) is 11.1 Å². The standard InChI is InChI=1S/C15H14.Y/c1-12(2)13-8-10-15(11-9-13)14-6-4-3-5-7-14;/h3-6,8-10,12H,1-2H3;/q-2;. The molecule has 0 unspecified atom stereocenters. The molecule has 0 nitrogen and oxygen atoms in total. The van der Waals surface area contributed by atoms with Crippen LogP contribution in [0.5, 0.6) is 0 Å². The molecular weight excluding hydrogens is 269 g/mol. The second-order valence-corrected chi connectivity index (χ2v) is 3.97. The molecule has 1 heteroatoms. The van der Waals surface area contributed by atoms with Crippen molar-refractivity contribution in [3.63, 3.8) is 0 Å². The number of benzene rings is 2. The predicted octanol–water partition coefficient (Wildman–Crippen LogP) is 4.07. The Hall–Kier alpha value is -0.456. The molecule has 0 amide bonds. The van der Waals surface area contributed by atoms with Gasteiger partial charge >= 0.3 is 0 Å². The third-order valence-corrected chi connectivity index (χ3v) is 2.50. The van der Waals surface area contributed by atoms with Crippen molar-refractivity contribution in [1.29, 1.82) is 0 Å². The van der Waals surface area contributed by atoms with Gasteiger partial charge in [-0.2, -0.15) is 48.5 Å². The van der Waals surface area contributed by atoms with Gasteiger partial charge in [-0.3, -0.25) is 0 Å². The summed E-state index contributed by atoms with van der Waals surface area (Å²) >= 11 is 0. The van der Waals surface area contributed by atoms with E-state index in [1.165, 1.54) is 5.56 Å². The second kappa shape index (κ2) is 6.32. The molecule has 0 aliphatic carbocycles. The molecule has 0 atom stereocenters. The van der Waals surface area contributed by atoms with Gasteiger partial charge in [0.25, 0.3) is 0 Å². The fraction of sp³-hybridized carbons (Fsp3) is 0.200. The molecule has 2 aromatic rings. The molecule has 79 valence electrons. The minimum Gasteiger partial charge on any atom is -0.226 e. The summed E-state index contributed by atoms with van der Waals surface area (Å²) in [5.74, 6) is 0.565. The molecule has 0 saturated heterocycles. The van der Waals surface area contributed by atoms with E-state index in [2.05, 4.69) is 50.2 Å². The van der Waals surface area contributed by atoms with Crippen molar-refractivity contribution < 1.29 is 32.7 Å². The average Bonchev–Trinajstić information content (AvgIpc) is 2.30. The van der Waals surface area contributed by atoms with Crippen molar-refractivity contribution in [2.75, 3.05) is 0 Å². The Labute approximate surface area is 123 Å². The topological polar surface area (TPSA) is 0 Å². The molecule has 16 heavy (non-hydrogen) atoms. The van der Waals surface area contributed by atoms with Crippen LogP contribution in [0.2, 0.25) is 0 Å². The molecule has 0 aliphatic rings. The zero-order valence-corrected chi connectivity index (χ0v) is 12.5. The number of hydrogen-bond acceptors (Lipinski definition) is 0. The van der Waals surface area contributed by atoms with E-state index < -0.39 is 0 Å². The molecule has 2 rings (SSSR count). The Morgan fingerprint density at radius 2 is 1.69 bits per heavy atom. The van der Waals surface area contributed by atoms with E-state index in [0.29, 0.717) is 5.92 Å². The molecular formula is C15H14Y-2. The van der Waals surface area contributed by atoms with Gasteiger partial charge in [-0.05, 0) is 0 Å². The third kappa shape index (κ3) is 3.27. The largest absolute Gasteiger partial charge is 0.226 e. The molecule has 0 spiro atoms. The Morgan fingerprint density at radius 3 is 2.19 bits per heavy atom. The van der Waals surface area contributed by atoms with Crippen LogP contribution in [-0.2, 0) is 32.7 Å². The first-order chi connectivity index (χ1) is 7.27. The van der Waals surface area contributed by atoms with Crippen LogP contribution in [0.25, 0.3) is 11.1 Å². The van der Waals surface area contributed by atoms with Gasteiger partial charge in [0.15, 0.2) is 0 Å². The van der Waals surface area contributed by atoms with Crippen molar-refractivity contribution in [1.82, 2.24) is 0 Å². The van der Waals surface area contributed by atoms with Gasteiger partial charge in [0.2, 0.25) is 0 Å². The van der Waals surface area contributed by atoms with Gasteiger partial charge in [0.05, 0.1) is 0 Å². The van der Waals surface area contributed by atoms with E-state index in [1.807, 2.05) is 18.2 Å². The van der Waals surface area contributed by atoms with Crippen molar-refractivity contribution >= 4 is 0 Å². The van der Waals surface area contributed by atoms with Gasteiger partial charge < -0.3 is 0 Å². The van der Waals surface area contributed by atoms with E-state index in [-0.39, 0.29) is 32.7 Å². The van der Waals surface area contributed by atoms with Crippen LogP contribution in [0.4, 0.5) is 0 Å². The maximum Gasteiger partial charge on any atom is 0 e. The smallest absolute Gasteiger partial charge is 0 e. The fourth-order valence-corrected chi connectivity index (χ4v) is 1.52. The molecule has 0 bridgehead atoms. The Bertz CT molecular complexity index is 415. The zero-order valence-electron chi connectivity index (χ0n) is 9.70. The molecule has 0 fully saturated rings. The van der Waals surface area contributed by atoms with Crippen LogP contribution in [0, 0.1) is 12.1 Å². The first-order valence-corrected chi connectivity index (χ1v) is 5.26. The summed E-state index contributed by atoms with van der Waals surface area (Å²) in [6.45, 7) is 4.38. The summed E-state index contributed by atoms with van der Waals surface area (Å²) in [4.78, 5) is 0. The summed E-state index contributed by atoms with van der Waals surface area (Å²) in [7, 11) is 0. The normalized spacial score (nSPS) is 9.94. The SMILES string of the molecule is CC(C)c1c[c-]c(-c2[c-]cccc2)cc1.[Y]. The van der Waals surface area contributed by atoms with Crippen molar-refractivity contribution in [2.24, 2.45) is 0 Å². The third-order valence-electron chi connectivity index (χ3n) is 2.50. The van der Waals surface area contributed by atoms with Gasteiger partial charge in [-0.15, -0.1) is 11.6 Å². The van der Waals surface area contributed by atoms with Crippen LogP contribution in [0.1, 0.15) is 25.3 Å². The van der Waals surface area contributed by atoms with Crippen molar-refractivity contribution in [3.05, 3.63) is 60.2 Å². The molecule has 0 aromatic heterocycles. The van der Waals surface area contributed by atoms with E-state index >= 15 is 0 Å². The van der Waals surface area contributed by atoms with Gasteiger partial charge in [-0.1, -0.05) is 19.8 Å². The Kier molecular flexibility index (Phi) is 5.38. The number of rotatable bonds is 2. The molecule has 1 radical (unpaired) electrons. The van der Waals surface area contributed by atoms with Crippen LogP contribution in [-0.4, -0.2) is 0 Å².